The topological polar surface area (TPSA) is 107 Å². The SMILES string of the molecule is Cc1cn([C@H]2CC(O)[C@@H](CO)O2)c(=O)n(Cc2ccc(SSc3ccccn3)cc2)c1=O. The van der Waals surface area contributed by atoms with Crippen LogP contribution in [-0.4, -0.2) is 43.1 Å². The molecule has 0 spiro atoms. The maximum Gasteiger partial charge on any atom is 0.333 e. The molecule has 0 radical (unpaired) electrons. The molecule has 3 atom stereocenters. The molecule has 1 unspecified atom stereocenters. The highest BCUT2D eigenvalue weighted by Gasteiger charge is 2.35. The van der Waals surface area contributed by atoms with Crippen LogP contribution >= 0.6 is 21.6 Å². The zero-order valence-electron chi connectivity index (χ0n) is 17.3. The molecule has 0 aliphatic carbocycles. The van der Waals surface area contributed by atoms with Crippen LogP contribution in [0.25, 0.3) is 0 Å². The fraction of sp³-hybridized carbons (Fsp3) is 0.318. The van der Waals surface area contributed by atoms with Crippen molar-refractivity contribution in [2.45, 2.75) is 48.2 Å². The third-order valence-corrected chi connectivity index (χ3v) is 7.49. The van der Waals surface area contributed by atoms with Crippen LogP contribution in [0.2, 0.25) is 0 Å². The van der Waals surface area contributed by atoms with E-state index in [2.05, 4.69) is 4.98 Å². The average Bonchev–Trinajstić information content (AvgIpc) is 3.19. The molecule has 3 heterocycles. The van der Waals surface area contributed by atoms with E-state index in [1.165, 1.54) is 15.3 Å². The van der Waals surface area contributed by atoms with Crippen LogP contribution in [0.3, 0.4) is 0 Å². The second-order valence-electron chi connectivity index (χ2n) is 7.49. The predicted octanol–water partition coefficient (Wildman–Crippen LogP) is 2.20. The summed E-state index contributed by atoms with van der Waals surface area (Å²) in [6.07, 6.45) is 1.02. The molecule has 1 aliphatic rings. The van der Waals surface area contributed by atoms with Gasteiger partial charge in [-0.2, -0.15) is 0 Å². The first-order chi connectivity index (χ1) is 15.5. The molecule has 0 bridgehead atoms. The van der Waals surface area contributed by atoms with Crippen LogP contribution in [0, 0.1) is 6.92 Å². The van der Waals surface area contributed by atoms with Crippen molar-refractivity contribution in [3.8, 4) is 0 Å². The molecule has 1 aliphatic heterocycles. The number of pyridine rings is 1. The van der Waals surface area contributed by atoms with E-state index in [1.54, 1.807) is 34.7 Å². The summed E-state index contributed by atoms with van der Waals surface area (Å²) in [7, 11) is 3.13. The van der Waals surface area contributed by atoms with E-state index in [0.717, 1.165) is 15.5 Å². The predicted molar refractivity (Wildman–Crippen MR) is 123 cm³/mol. The van der Waals surface area contributed by atoms with Crippen molar-refractivity contribution in [2.75, 3.05) is 6.61 Å². The molecule has 2 N–H and O–H groups in total. The quantitative estimate of drug-likeness (QED) is 0.503. The summed E-state index contributed by atoms with van der Waals surface area (Å²) in [5, 5.41) is 20.2. The summed E-state index contributed by atoms with van der Waals surface area (Å²) in [5.41, 5.74) is 0.330. The minimum atomic E-state index is -0.869. The van der Waals surface area contributed by atoms with Crippen molar-refractivity contribution < 1.29 is 14.9 Å². The molecule has 1 saturated heterocycles. The fourth-order valence-corrected chi connectivity index (χ4v) is 5.32. The van der Waals surface area contributed by atoms with E-state index in [1.807, 2.05) is 42.5 Å². The van der Waals surface area contributed by atoms with Crippen molar-refractivity contribution in [2.24, 2.45) is 0 Å². The van der Waals surface area contributed by atoms with Crippen LogP contribution in [0.5, 0.6) is 0 Å². The second kappa shape index (κ2) is 10.1. The molecule has 10 heteroatoms. The molecule has 1 aromatic carbocycles. The third kappa shape index (κ3) is 5.00. The summed E-state index contributed by atoms with van der Waals surface area (Å²) in [6.45, 7) is 1.42. The summed E-state index contributed by atoms with van der Waals surface area (Å²) in [6, 6.07) is 13.4. The first-order valence-corrected chi connectivity index (χ1v) is 12.2. The minimum absolute atomic E-state index is 0.121. The highest BCUT2D eigenvalue weighted by atomic mass is 33.1. The van der Waals surface area contributed by atoms with E-state index in [9.17, 15) is 19.8 Å². The lowest BCUT2D eigenvalue weighted by atomic mass is 10.2. The van der Waals surface area contributed by atoms with Gasteiger partial charge >= 0.3 is 5.69 Å². The van der Waals surface area contributed by atoms with Crippen LogP contribution in [0.4, 0.5) is 0 Å². The van der Waals surface area contributed by atoms with Gasteiger partial charge in [-0.1, -0.05) is 29.0 Å². The Labute approximate surface area is 192 Å². The number of hydrogen-bond donors (Lipinski definition) is 2. The lowest BCUT2D eigenvalue weighted by Gasteiger charge is -2.17. The van der Waals surface area contributed by atoms with Gasteiger partial charge < -0.3 is 14.9 Å². The molecule has 0 saturated carbocycles. The highest BCUT2D eigenvalue weighted by Crippen LogP contribution is 2.36. The smallest absolute Gasteiger partial charge is 0.333 e. The van der Waals surface area contributed by atoms with Crippen molar-refractivity contribution in [1.82, 2.24) is 14.1 Å². The summed E-state index contributed by atoms with van der Waals surface area (Å²) in [4.78, 5) is 31.0. The Morgan fingerprint density at radius 2 is 1.94 bits per heavy atom. The molecule has 8 nitrogen and oxygen atoms in total. The van der Waals surface area contributed by atoms with Crippen LogP contribution in [-0.2, 0) is 11.3 Å². The molecule has 2 aromatic heterocycles. The lowest BCUT2D eigenvalue weighted by Crippen LogP contribution is -2.42. The maximum atomic E-state index is 13.0. The van der Waals surface area contributed by atoms with Crippen LogP contribution < -0.4 is 11.2 Å². The molecular weight excluding hydrogens is 450 g/mol. The minimum Gasteiger partial charge on any atom is -0.394 e. The van der Waals surface area contributed by atoms with Crippen LogP contribution in [0.15, 0.2) is 74.4 Å². The maximum absolute atomic E-state index is 13.0. The van der Waals surface area contributed by atoms with Gasteiger partial charge in [0.25, 0.3) is 5.56 Å². The van der Waals surface area contributed by atoms with Crippen molar-refractivity contribution in [1.29, 1.82) is 0 Å². The van der Waals surface area contributed by atoms with Gasteiger partial charge in [-0.3, -0.25) is 13.9 Å². The fourth-order valence-electron chi connectivity index (χ4n) is 3.47. The number of benzene rings is 1. The Bertz CT molecular complexity index is 1180. The molecular formula is C22H23N3O5S2. The normalized spacial score (nSPS) is 20.5. The number of rotatable bonds is 7. The average molecular weight is 474 g/mol. The molecule has 0 amide bonds. The van der Waals surface area contributed by atoms with Gasteiger partial charge in [0.15, 0.2) is 0 Å². The summed E-state index contributed by atoms with van der Waals surface area (Å²) in [5.74, 6) is 0. The van der Waals surface area contributed by atoms with Gasteiger partial charge in [0.2, 0.25) is 0 Å². The molecule has 3 aromatic rings. The third-order valence-electron chi connectivity index (χ3n) is 5.19. The number of hydrogen-bond acceptors (Lipinski definition) is 8. The number of aliphatic hydroxyl groups is 2. The number of ether oxygens (including phenoxy) is 1. The number of nitrogens with zero attached hydrogens (tertiary/aromatic N) is 3. The second-order valence-corrected chi connectivity index (χ2v) is 9.71. The molecule has 1 fully saturated rings. The first kappa shape index (κ1) is 22.8. The van der Waals surface area contributed by atoms with E-state index in [-0.39, 0.29) is 25.1 Å². The Balaban J connectivity index is 1.52. The summed E-state index contributed by atoms with van der Waals surface area (Å²) < 4.78 is 8.10. The largest absolute Gasteiger partial charge is 0.394 e. The Morgan fingerprint density at radius 3 is 2.59 bits per heavy atom. The standard InChI is InChI=1S/C22H23N3O5S2/c1-14-11-24(20-10-17(27)18(13-26)30-20)22(29)25(21(14)28)12-15-5-7-16(8-6-15)31-32-19-4-2-3-9-23-19/h2-9,11,17-18,20,26-27H,10,12-13H2,1H3/t17?,18-,20-/m1/s1. The monoisotopic (exact) mass is 473 g/mol. The van der Waals surface area contributed by atoms with E-state index in [4.69, 9.17) is 4.74 Å². The van der Waals surface area contributed by atoms with Crippen molar-refractivity contribution in [3.63, 3.8) is 0 Å². The Hall–Kier alpha value is -2.37. The zero-order valence-corrected chi connectivity index (χ0v) is 19.0. The van der Waals surface area contributed by atoms with Crippen LogP contribution in [0.1, 0.15) is 23.8 Å². The molecule has 168 valence electrons. The Morgan fingerprint density at radius 1 is 1.16 bits per heavy atom. The van der Waals surface area contributed by atoms with E-state index < -0.39 is 24.1 Å². The highest BCUT2D eigenvalue weighted by molar-refractivity contribution is 8.76. The van der Waals surface area contributed by atoms with Gasteiger partial charge in [-0.25, -0.2) is 9.78 Å². The number of aromatic nitrogens is 3. The van der Waals surface area contributed by atoms with Gasteiger partial charge in [0, 0.05) is 29.3 Å². The van der Waals surface area contributed by atoms with Crippen molar-refractivity contribution in [3.05, 3.63) is 86.8 Å². The number of aliphatic hydroxyl groups excluding tert-OH is 2. The van der Waals surface area contributed by atoms with E-state index >= 15 is 0 Å². The molecule has 4 rings (SSSR count). The van der Waals surface area contributed by atoms with Gasteiger partial charge in [0.05, 0.1) is 19.3 Å². The Kier molecular flexibility index (Phi) is 7.17. The van der Waals surface area contributed by atoms with Gasteiger partial charge in [-0.05, 0) is 47.5 Å². The number of aryl methyl sites for hydroxylation is 1. The lowest BCUT2D eigenvalue weighted by molar-refractivity contribution is -0.0463. The molecule has 32 heavy (non-hydrogen) atoms. The van der Waals surface area contributed by atoms with E-state index in [0.29, 0.717) is 5.56 Å². The van der Waals surface area contributed by atoms with Gasteiger partial charge in [-0.15, -0.1) is 0 Å². The first-order valence-electron chi connectivity index (χ1n) is 10.1. The van der Waals surface area contributed by atoms with Gasteiger partial charge in [0.1, 0.15) is 17.4 Å². The summed E-state index contributed by atoms with van der Waals surface area (Å²) >= 11 is 0. The zero-order chi connectivity index (χ0) is 22.7. The van der Waals surface area contributed by atoms with Crippen molar-refractivity contribution >= 4 is 21.6 Å².